The average Bonchev–Trinajstić information content (AvgIpc) is 2.45. The molecule has 2 aromatic rings. The third kappa shape index (κ3) is 3.20. The second-order valence-corrected chi connectivity index (χ2v) is 5.05. The molecule has 0 unspecified atom stereocenters. The van der Waals surface area contributed by atoms with Crippen LogP contribution in [0.25, 0.3) is 0 Å². The monoisotopic (exact) mass is 269 g/mol. The summed E-state index contributed by atoms with van der Waals surface area (Å²) in [6, 6.07) is 9.15. The molecule has 6 heteroatoms. The predicted octanol–water partition coefficient (Wildman–Crippen LogP) is 1.43. The Morgan fingerprint density at radius 3 is 2.90 bits per heavy atom. The first kappa shape index (κ1) is 13.7. The minimum absolute atomic E-state index is 0.183. The molecule has 0 aromatic carbocycles. The van der Waals surface area contributed by atoms with Gasteiger partial charge in [-0.05, 0) is 12.1 Å². The first-order valence-electron chi connectivity index (χ1n) is 6.18. The van der Waals surface area contributed by atoms with Crippen molar-refractivity contribution in [3.8, 4) is 6.07 Å². The third-order valence-electron chi connectivity index (χ3n) is 2.93. The number of anilines is 1. The molecule has 2 N–H and O–H groups in total. The standard InChI is InChI=1S/C14H15N5O/c1-14(2,11-5-3-4-6-16-11)9-17-12-7-10(8-15)18-13(20)19-12/h3-7H,9H2,1-2H3,(H2,17,18,19,20). The molecule has 0 aliphatic carbocycles. The largest absolute Gasteiger partial charge is 0.369 e. The number of pyridine rings is 1. The smallest absolute Gasteiger partial charge is 0.347 e. The fraction of sp³-hybridized carbons (Fsp3) is 0.286. The van der Waals surface area contributed by atoms with Gasteiger partial charge < -0.3 is 5.32 Å². The van der Waals surface area contributed by atoms with Gasteiger partial charge in [0.05, 0.1) is 0 Å². The van der Waals surface area contributed by atoms with Gasteiger partial charge in [-0.25, -0.2) is 4.79 Å². The van der Waals surface area contributed by atoms with Crippen LogP contribution in [0.4, 0.5) is 5.82 Å². The summed E-state index contributed by atoms with van der Waals surface area (Å²) in [6.07, 6.45) is 1.75. The van der Waals surface area contributed by atoms with Crippen molar-refractivity contribution in [1.82, 2.24) is 15.0 Å². The van der Waals surface area contributed by atoms with Gasteiger partial charge in [0.2, 0.25) is 0 Å². The lowest BCUT2D eigenvalue weighted by molar-refractivity contribution is 0.537. The summed E-state index contributed by atoms with van der Waals surface area (Å²) in [4.78, 5) is 21.8. The molecule has 0 radical (unpaired) electrons. The van der Waals surface area contributed by atoms with E-state index in [2.05, 4.69) is 20.3 Å². The number of hydrogen-bond donors (Lipinski definition) is 2. The van der Waals surface area contributed by atoms with Crippen molar-refractivity contribution in [3.63, 3.8) is 0 Å². The van der Waals surface area contributed by atoms with Crippen LogP contribution in [0.1, 0.15) is 25.2 Å². The van der Waals surface area contributed by atoms with Gasteiger partial charge in [0.15, 0.2) is 0 Å². The Balaban J connectivity index is 2.15. The van der Waals surface area contributed by atoms with Gasteiger partial charge in [-0.3, -0.25) is 9.97 Å². The molecule has 0 atom stereocenters. The van der Waals surface area contributed by atoms with Crippen LogP contribution in [0.5, 0.6) is 0 Å². The van der Waals surface area contributed by atoms with Crippen LogP contribution >= 0.6 is 0 Å². The Labute approximate surface area is 116 Å². The Morgan fingerprint density at radius 2 is 2.25 bits per heavy atom. The molecule has 0 amide bonds. The lowest BCUT2D eigenvalue weighted by atomic mass is 9.89. The summed E-state index contributed by atoms with van der Waals surface area (Å²) in [5.41, 5.74) is 0.362. The summed E-state index contributed by atoms with van der Waals surface area (Å²) in [7, 11) is 0. The number of H-pyrrole nitrogens is 1. The second-order valence-electron chi connectivity index (χ2n) is 5.05. The maximum absolute atomic E-state index is 11.3. The molecule has 0 saturated carbocycles. The van der Waals surface area contributed by atoms with Crippen molar-refractivity contribution in [2.24, 2.45) is 0 Å². The van der Waals surface area contributed by atoms with Crippen molar-refractivity contribution >= 4 is 5.82 Å². The Bertz CT molecular complexity index is 685. The number of nitriles is 1. The number of aromatic nitrogens is 3. The van der Waals surface area contributed by atoms with Crippen LogP contribution < -0.4 is 11.0 Å². The number of hydrogen-bond acceptors (Lipinski definition) is 5. The van der Waals surface area contributed by atoms with E-state index in [1.54, 1.807) is 6.20 Å². The summed E-state index contributed by atoms with van der Waals surface area (Å²) < 4.78 is 0. The van der Waals surface area contributed by atoms with Crippen molar-refractivity contribution in [2.45, 2.75) is 19.3 Å². The van der Waals surface area contributed by atoms with Gasteiger partial charge in [-0.1, -0.05) is 19.9 Å². The SMILES string of the molecule is CC(C)(CNc1cc(C#N)[nH]c(=O)n1)c1ccccn1. The van der Waals surface area contributed by atoms with Crippen LogP contribution in [0, 0.1) is 11.3 Å². The van der Waals surface area contributed by atoms with Gasteiger partial charge in [0.1, 0.15) is 17.6 Å². The Hall–Kier alpha value is -2.68. The van der Waals surface area contributed by atoms with Crippen molar-refractivity contribution < 1.29 is 0 Å². The molecule has 6 nitrogen and oxygen atoms in total. The first-order chi connectivity index (χ1) is 9.51. The summed E-state index contributed by atoms with van der Waals surface area (Å²) in [5, 5.41) is 11.9. The van der Waals surface area contributed by atoms with E-state index in [9.17, 15) is 4.79 Å². The van der Waals surface area contributed by atoms with Crippen molar-refractivity contribution in [3.05, 3.63) is 52.3 Å². The van der Waals surface area contributed by atoms with E-state index in [1.807, 2.05) is 38.1 Å². The maximum Gasteiger partial charge on any atom is 0.347 e. The molecule has 0 aliphatic heterocycles. The normalized spacial score (nSPS) is 10.8. The van der Waals surface area contributed by atoms with Crippen molar-refractivity contribution in [2.75, 3.05) is 11.9 Å². The maximum atomic E-state index is 11.3. The Morgan fingerprint density at radius 1 is 1.45 bits per heavy atom. The molecule has 102 valence electrons. The van der Waals surface area contributed by atoms with Gasteiger partial charge in [-0.15, -0.1) is 0 Å². The summed E-state index contributed by atoms with van der Waals surface area (Å²) in [6.45, 7) is 4.63. The van der Waals surface area contributed by atoms with Gasteiger partial charge in [0, 0.05) is 29.9 Å². The minimum Gasteiger partial charge on any atom is -0.369 e. The minimum atomic E-state index is -0.540. The molecule has 20 heavy (non-hydrogen) atoms. The van der Waals surface area contributed by atoms with E-state index in [1.165, 1.54) is 6.07 Å². The predicted molar refractivity (Wildman–Crippen MR) is 75.3 cm³/mol. The molecular formula is C14H15N5O. The molecule has 2 rings (SSSR count). The highest BCUT2D eigenvalue weighted by atomic mass is 16.1. The molecule has 2 aromatic heterocycles. The van der Waals surface area contributed by atoms with Crippen LogP contribution in [-0.2, 0) is 5.41 Å². The molecule has 0 fully saturated rings. The third-order valence-corrected chi connectivity index (χ3v) is 2.93. The molecule has 0 spiro atoms. The van der Waals surface area contributed by atoms with Crippen LogP contribution in [0.2, 0.25) is 0 Å². The number of nitrogens with one attached hydrogen (secondary N) is 2. The van der Waals surface area contributed by atoms with E-state index in [4.69, 9.17) is 5.26 Å². The quantitative estimate of drug-likeness (QED) is 0.875. The van der Waals surface area contributed by atoms with Crippen molar-refractivity contribution in [1.29, 1.82) is 5.26 Å². The molecule has 0 saturated heterocycles. The molecule has 0 aliphatic rings. The highest BCUT2D eigenvalue weighted by molar-refractivity contribution is 5.39. The van der Waals surface area contributed by atoms with E-state index in [-0.39, 0.29) is 11.1 Å². The zero-order valence-electron chi connectivity index (χ0n) is 11.3. The van der Waals surface area contributed by atoms with E-state index >= 15 is 0 Å². The van der Waals surface area contributed by atoms with Gasteiger partial charge in [0.25, 0.3) is 0 Å². The zero-order valence-corrected chi connectivity index (χ0v) is 11.3. The topological polar surface area (TPSA) is 94.5 Å². The van der Waals surface area contributed by atoms with E-state index < -0.39 is 5.69 Å². The fourth-order valence-corrected chi connectivity index (χ4v) is 1.77. The van der Waals surface area contributed by atoms with Crippen LogP contribution in [-0.4, -0.2) is 21.5 Å². The number of rotatable bonds is 4. The van der Waals surface area contributed by atoms with Gasteiger partial charge >= 0.3 is 5.69 Å². The second kappa shape index (κ2) is 5.53. The fourth-order valence-electron chi connectivity index (χ4n) is 1.77. The van der Waals surface area contributed by atoms with E-state index in [0.29, 0.717) is 12.4 Å². The summed E-state index contributed by atoms with van der Waals surface area (Å²) >= 11 is 0. The van der Waals surface area contributed by atoms with E-state index in [0.717, 1.165) is 5.69 Å². The Kier molecular flexibility index (Phi) is 3.80. The molecule has 0 bridgehead atoms. The summed E-state index contributed by atoms with van der Waals surface area (Å²) in [5.74, 6) is 0.384. The average molecular weight is 269 g/mol. The molecular weight excluding hydrogens is 254 g/mol. The first-order valence-corrected chi connectivity index (χ1v) is 6.18. The van der Waals surface area contributed by atoms with Gasteiger partial charge in [-0.2, -0.15) is 10.2 Å². The lowest BCUT2D eigenvalue weighted by Gasteiger charge is -2.24. The van der Waals surface area contributed by atoms with Crippen LogP contribution in [0.15, 0.2) is 35.3 Å². The highest BCUT2D eigenvalue weighted by Gasteiger charge is 2.21. The number of aromatic amines is 1. The zero-order chi connectivity index (χ0) is 14.6. The molecule has 2 heterocycles. The lowest BCUT2D eigenvalue weighted by Crippen LogP contribution is -2.29. The highest BCUT2D eigenvalue weighted by Crippen LogP contribution is 2.20. The van der Waals surface area contributed by atoms with Crippen LogP contribution in [0.3, 0.4) is 0 Å². The number of nitrogens with zero attached hydrogens (tertiary/aromatic N) is 3.